The third kappa shape index (κ3) is 3.55. The topological polar surface area (TPSA) is 72.3 Å². The summed E-state index contributed by atoms with van der Waals surface area (Å²) >= 11 is 6.06. The molecule has 0 aliphatic rings. The Morgan fingerprint density at radius 2 is 1.79 bits per heavy atom. The fourth-order valence-electron chi connectivity index (χ4n) is 3.46. The van der Waals surface area contributed by atoms with E-state index in [0.717, 1.165) is 33.4 Å². The lowest BCUT2D eigenvalue weighted by Crippen LogP contribution is -2.15. The van der Waals surface area contributed by atoms with Gasteiger partial charge in [-0.2, -0.15) is 15.4 Å². The summed E-state index contributed by atoms with van der Waals surface area (Å²) in [7, 11) is 0. The number of rotatable bonds is 5. The van der Waals surface area contributed by atoms with E-state index in [1.165, 1.54) is 5.56 Å². The zero-order chi connectivity index (χ0) is 19.7. The highest BCUT2D eigenvalue weighted by Crippen LogP contribution is 2.30. The molecule has 1 atom stereocenters. The number of nitrogens with one attached hydrogen (secondary N) is 1. The molecule has 7 heteroatoms. The van der Waals surface area contributed by atoms with Gasteiger partial charge in [0.1, 0.15) is 11.4 Å². The molecule has 0 amide bonds. The van der Waals surface area contributed by atoms with Crippen LogP contribution in [0.15, 0.2) is 55.1 Å². The van der Waals surface area contributed by atoms with Crippen molar-refractivity contribution < 1.29 is 0 Å². The smallest absolute Gasteiger partial charge is 0.115 e. The Bertz CT molecular complexity index is 1080. The van der Waals surface area contributed by atoms with Gasteiger partial charge in [0, 0.05) is 23.0 Å². The van der Waals surface area contributed by atoms with E-state index in [9.17, 15) is 0 Å². The summed E-state index contributed by atoms with van der Waals surface area (Å²) in [6, 6.07) is 12.1. The molecule has 1 unspecified atom stereocenters. The maximum Gasteiger partial charge on any atom is 0.115 e. The highest BCUT2D eigenvalue weighted by atomic mass is 35.5. The number of nitrogens with zero attached hydrogens (tertiary/aromatic N) is 5. The molecule has 3 heterocycles. The SMILES string of the molecule is Cc1n[nH]nc1-c1ccnc(-c2cn(C(c3ccc(Cl)cc3)C(C)C)cn2)c1. The molecular weight excluding hydrogens is 372 g/mol. The minimum Gasteiger partial charge on any atom is -0.329 e. The van der Waals surface area contributed by atoms with Crippen LogP contribution in [-0.4, -0.2) is 29.9 Å². The van der Waals surface area contributed by atoms with Crippen LogP contribution in [0.5, 0.6) is 0 Å². The molecule has 0 aliphatic heterocycles. The van der Waals surface area contributed by atoms with Crippen molar-refractivity contribution in [2.24, 2.45) is 5.92 Å². The number of halogens is 1. The van der Waals surface area contributed by atoms with E-state index in [-0.39, 0.29) is 6.04 Å². The average Bonchev–Trinajstić information content (AvgIpc) is 3.33. The largest absolute Gasteiger partial charge is 0.329 e. The van der Waals surface area contributed by atoms with E-state index in [1.54, 1.807) is 6.20 Å². The number of imidazole rings is 1. The molecule has 0 fully saturated rings. The molecule has 1 aromatic carbocycles. The van der Waals surface area contributed by atoms with Crippen LogP contribution in [0.1, 0.15) is 31.1 Å². The molecule has 1 N–H and O–H groups in total. The predicted octanol–water partition coefficient (Wildman–Crippen LogP) is 4.94. The minimum absolute atomic E-state index is 0.166. The third-order valence-corrected chi connectivity index (χ3v) is 5.04. The van der Waals surface area contributed by atoms with Crippen LogP contribution < -0.4 is 0 Å². The number of aromatic nitrogens is 6. The first-order valence-electron chi connectivity index (χ1n) is 9.16. The summed E-state index contributed by atoms with van der Waals surface area (Å²) in [5.41, 5.74) is 5.46. The predicted molar refractivity (Wildman–Crippen MR) is 110 cm³/mol. The molecule has 142 valence electrons. The van der Waals surface area contributed by atoms with E-state index in [1.807, 2.05) is 43.7 Å². The zero-order valence-corrected chi connectivity index (χ0v) is 16.7. The highest BCUT2D eigenvalue weighted by Gasteiger charge is 2.19. The van der Waals surface area contributed by atoms with Crippen molar-refractivity contribution >= 4 is 11.6 Å². The number of aryl methyl sites for hydroxylation is 1. The van der Waals surface area contributed by atoms with Gasteiger partial charge in [0.2, 0.25) is 0 Å². The summed E-state index contributed by atoms with van der Waals surface area (Å²) in [4.78, 5) is 9.11. The van der Waals surface area contributed by atoms with E-state index in [0.29, 0.717) is 5.92 Å². The first-order valence-corrected chi connectivity index (χ1v) is 9.54. The quantitative estimate of drug-likeness (QED) is 0.522. The van der Waals surface area contributed by atoms with Gasteiger partial charge in [-0.15, -0.1) is 0 Å². The molecule has 0 saturated carbocycles. The molecule has 0 aliphatic carbocycles. The normalized spacial score (nSPS) is 12.5. The van der Waals surface area contributed by atoms with Crippen molar-refractivity contribution in [3.8, 4) is 22.6 Å². The van der Waals surface area contributed by atoms with Crippen molar-refractivity contribution in [2.75, 3.05) is 0 Å². The van der Waals surface area contributed by atoms with E-state index in [4.69, 9.17) is 11.6 Å². The molecule has 28 heavy (non-hydrogen) atoms. The molecule has 4 rings (SSSR count). The summed E-state index contributed by atoms with van der Waals surface area (Å²) in [5.74, 6) is 0.389. The Morgan fingerprint density at radius 1 is 1.00 bits per heavy atom. The molecule has 0 bridgehead atoms. The summed E-state index contributed by atoms with van der Waals surface area (Å²) in [5, 5.41) is 11.7. The lowest BCUT2D eigenvalue weighted by atomic mass is 9.96. The van der Waals surface area contributed by atoms with E-state index in [2.05, 4.69) is 55.9 Å². The van der Waals surface area contributed by atoms with Gasteiger partial charge in [0.25, 0.3) is 0 Å². The molecular formula is C21H21ClN6. The Morgan fingerprint density at radius 3 is 2.46 bits per heavy atom. The lowest BCUT2D eigenvalue weighted by Gasteiger charge is -2.23. The van der Waals surface area contributed by atoms with Crippen molar-refractivity contribution in [2.45, 2.75) is 26.8 Å². The first kappa shape index (κ1) is 18.4. The fraction of sp³-hybridized carbons (Fsp3) is 0.238. The average molecular weight is 393 g/mol. The summed E-state index contributed by atoms with van der Waals surface area (Å²) in [6.07, 6.45) is 5.68. The van der Waals surface area contributed by atoms with Gasteiger partial charge in [0.15, 0.2) is 0 Å². The number of benzene rings is 1. The molecule has 0 spiro atoms. The standard InChI is InChI=1S/C21H21ClN6/c1-13(2)21(15-4-6-17(22)7-5-15)28-11-19(24-12-28)18-10-16(8-9-23-18)20-14(3)25-27-26-20/h4-13,21H,1-3H3,(H,25,26,27). The second-order valence-electron chi connectivity index (χ2n) is 7.13. The van der Waals surface area contributed by atoms with Crippen LogP contribution in [0.4, 0.5) is 0 Å². The minimum atomic E-state index is 0.166. The lowest BCUT2D eigenvalue weighted by molar-refractivity contribution is 0.436. The maximum absolute atomic E-state index is 6.06. The van der Waals surface area contributed by atoms with Crippen LogP contribution in [0.25, 0.3) is 22.6 Å². The second kappa shape index (κ2) is 7.56. The van der Waals surface area contributed by atoms with E-state index >= 15 is 0 Å². The van der Waals surface area contributed by atoms with Gasteiger partial charge in [-0.3, -0.25) is 4.98 Å². The zero-order valence-electron chi connectivity index (χ0n) is 16.0. The third-order valence-electron chi connectivity index (χ3n) is 4.78. The van der Waals surface area contributed by atoms with Crippen LogP contribution in [0.2, 0.25) is 5.02 Å². The Kier molecular flexibility index (Phi) is 4.96. The number of aromatic amines is 1. The highest BCUT2D eigenvalue weighted by molar-refractivity contribution is 6.30. The van der Waals surface area contributed by atoms with Gasteiger partial charge in [-0.25, -0.2) is 4.98 Å². The summed E-state index contributed by atoms with van der Waals surface area (Å²) < 4.78 is 2.14. The van der Waals surface area contributed by atoms with Crippen LogP contribution in [0, 0.1) is 12.8 Å². The summed E-state index contributed by atoms with van der Waals surface area (Å²) in [6.45, 7) is 6.32. The molecule has 6 nitrogen and oxygen atoms in total. The van der Waals surface area contributed by atoms with Gasteiger partial charge in [-0.05, 0) is 42.7 Å². The van der Waals surface area contributed by atoms with Crippen LogP contribution >= 0.6 is 11.6 Å². The molecule has 0 radical (unpaired) electrons. The first-order chi connectivity index (χ1) is 13.5. The van der Waals surface area contributed by atoms with Crippen molar-refractivity contribution in [3.63, 3.8) is 0 Å². The monoisotopic (exact) mass is 392 g/mol. The van der Waals surface area contributed by atoms with Crippen LogP contribution in [-0.2, 0) is 0 Å². The van der Waals surface area contributed by atoms with E-state index < -0.39 is 0 Å². The van der Waals surface area contributed by atoms with Crippen molar-refractivity contribution in [1.82, 2.24) is 29.9 Å². The van der Waals surface area contributed by atoms with Gasteiger partial charge >= 0.3 is 0 Å². The van der Waals surface area contributed by atoms with Gasteiger partial charge < -0.3 is 4.57 Å². The Balaban J connectivity index is 1.69. The fourth-order valence-corrected chi connectivity index (χ4v) is 3.58. The Hall–Kier alpha value is -2.99. The van der Waals surface area contributed by atoms with Crippen molar-refractivity contribution in [1.29, 1.82) is 0 Å². The van der Waals surface area contributed by atoms with Crippen molar-refractivity contribution in [3.05, 3.63) is 71.4 Å². The second-order valence-corrected chi connectivity index (χ2v) is 7.57. The van der Waals surface area contributed by atoms with Crippen LogP contribution in [0.3, 0.4) is 0 Å². The number of H-pyrrole nitrogens is 1. The number of hydrogen-bond acceptors (Lipinski definition) is 4. The number of hydrogen-bond donors (Lipinski definition) is 1. The maximum atomic E-state index is 6.06. The Labute approximate surface area is 168 Å². The number of pyridine rings is 1. The molecule has 3 aromatic heterocycles. The molecule has 4 aromatic rings. The van der Waals surface area contributed by atoms with Gasteiger partial charge in [0.05, 0.1) is 23.8 Å². The molecule has 0 saturated heterocycles. The van der Waals surface area contributed by atoms with Gasteiger partial charge in [-0.1, -0.05) is 37.6 Å².